The second kappa shape index (κ2) is 8.60. The maximum absolute atomic E-state index is 13.9. The van der Waals surface area contributed by atoms with Crippen LogP contribution in [0.3, 0.4) is 0 Å². The highest BCUT2D eigenvalue weighted by Crippen LogP contribution is 2.61. The summed E-state index contributed by atoms with van der Waals surface area (Å²) in [5.74, 6) is 0.0267. The van der Waals surface area contributed by atoms with Crippen molar-refractivity contribution in [3.63, 3.8) is 0 Å². The Morgan fingerprint density at radius 2 is 1.58 bits per heavy atom. The standard InChI is InChI=1S/C24H32FN3O3/c1-14(2)21(26-22(30)18-5-3-4-6-19(18)25)23(31)28-27-20(29)13-24-10-15-7-16(11-24)9-17(8-15)12-24/h3-6,14-17,21H,7-13H2,1-2H3,(H,26,30)(H,27,29)(H,28,31)/t15?,16?,17?,21-,24?/m0/s1. The molecule has 1 aromatic carbocycles. The van der Waals surface area contributed by atoms with Crippen LogP contribution in [0, 0.1) is 34.9 Å². The monoisotopic (exact) mass is 429 g/mol. The van der Waals surface area contributed by atoms with Gasteiger partial charge in [0, 0.05) is 6.42 Å². The van der Waals surface area contributed by atoms with E-state index in [1.54, 1.807) is 19.9 Å². The zero-order chi connectivity index (χ0) is 22.2. The number of carbonyl (C=O) groups is 3. The Kier molecular flexibility index (Phi) is 6.04. The van der Waals surface area contributed by atoms with Gasteiger partial charge in [-0.3, -0.25) is 25.2 Å². The molecule has 3 amide bonds. The Labute approximate surface area is 182 Å². The maximum Gasteiger partial charge on any atom is 0.261 e. The fraction of sp³-hybridized carbons (Fsp3) is 0.625. The Morgan fingerprint density at radius 1 is 1.00 bits per heavy atom. The average Bonchev–Trinajstić information content (AvgIpc) is 2.68. The lowest BCUT2D eigenvalue weighted by Gasteiger charge is -2.56. The van der Waals surface area contributed by atoms with E-state index < -0.39 is 23.7 Å². The van der Waals surface area contributed by atoms with Crippen LogP contribution in [0.15, 0.2) is 24.3 Å². The minimum absolute atomic E-state index is 0.0834. The molecule has 4 bridgehead atoms. The van der Waals surface area contributed by atoms with Crippen molar-refractivity contribution < 1.29 is 18.8 Å². The normalized spacial score (nSPS) is 29.5. The smallest absolute Gasteiger partial charge is 0.261 e. The molecular formula is C24H32FN3O3. The summed E-state index contributed by atoms with van der Waals surface area (Å²) in [6.07, 6.45) is 7.74. The van der Waals surface area contributed by atoms with Gasteiger partial charge in [0.05, 0.1) is 5.56 Å². The SMILES string of the molecule is CC(C)[C@H](NC(=O)c1ccccc1F)C(=O)NNC(=O)CC12CC3CC(CC(C3)C1)C2. The Balaban J connectivity index is 1.31. The number of benzene rings is 1. The van der Waals surface area contributed by atoms with Gasteiger partial charge in [0.2, 0.25) is 5.91 Å². The Morgan fingerprint density at radius 3 is 2.13 bits per heavy atom. The van der Waals surface area contributed by atoms with Gasteiger partial charge < -0.3 is 5.32 Å². The van der Waals surface area contributed by atoms with E-state index in [0.29, 0.717) is 6.42 Å². The molecule has 0 radical (unpaired) electrons. The van der Waals surface area contributed by atoms with Crippen LogP contribution < -0.4 is 16.2 Å². The number of rotatable bonds is 6. The highest BCUT2D eigenvalue weighted by Gasteiger charge is 2.51. The molecule has 4 aliphatic rings. The first-order valence-corrected chi connectivity index (χ1v) is 11.4. The van der Waals surface area contributed by atoms with Crippen molar-refractivity contribution in [3.05, 3.63) is 35.6 Å². The number of halogens is 1. The van der Waals surface area contributed by atoms with Gasteiger partial charge in [-0.25, -0.2) is 4.39 Å². The molecule has 0 aliphatic heterocycles. The van der Waals surface area contributed by atoms with Crippen molar-refractivity contribution in [2.24, 2.45) is 29.1 Å². The van der Waals surface area contributed by atoms with Crippen LogP contribution in [0.25, 0.3) is 0 Å². The number of hydrogen-bond donors (Lipinski definition) is 3. The summed E-state index contributed by atoms with van der Waals surface area (Å²) in [4.78, 5) is 37.7. The zero-order valence-electron chi connectivity index (χ0n) is 18.2. The minimum Gasteiger partial charge on any atom is -0.340 e. The van der Waals surface area contributed by atoms with Crippen LogP contribution in [0.2, 0.25) is 0 Å². The highest BCUT2D eigenvalue weighted by molar-refractivity contribution is 5.98. The molecule has 0 saturated heterocycles. The third-order valence-corrected chi connectivity index (χ3v) is 7.38. The zero-order valence-corrected chi connectivity index (χ0v) is 18.2. The number of nitrogens with one attached hydrogen (secondary N) is 3. The van der Waals surface area contributed by atoms with Gasteiger partial charge in [-0.05, 0) is 79.7 Å². The second-order valence-corrected chi connectivity index (χ2v) is 10.3. The van der Waals surface area contributed by atoms with E-state index in [-0.39, 0.29) is 22.8 Å². The molecule has 0 aromatic heterocycles. The van der Waals surface area contributed by atoms with Gasteiger partial charge in [-0.15, -0.1) is 0 Å². The predicted molar refractivity (Wildman–Crippen MR) is 114 cm³/mol. The third-order valence-electron chi connectivity index (χ3n) is 7.38. The summed E-state index contributed by atoms with van der Waals surface area (Å²) in [7, 11) is 0. The van der Waals surface area contributed by atoms with Crippen LogP contribution in [-0.4, -0.2) is 23.8 Å². The van der Waals surface area contributed by atoms with Crippen molar-refractivity contribution >= 4 is 17.7 Å². The van der Waals surface area contributed by atoms with E-state index in [9.17, 15) is 18.8 Å². The first-order valence-electron chi connectivity index (χ1n) is 11.4. The lowest BCUT2D eigenvalue weighted by atomic mass is 9.49. The van der Waals surface area contributed by atoms with E-state index in [1.807, 2.05) is 0 Å². The molecule has 0 spiro atoms. The van der Waals surface area contributed by atoms with Crippen LogP contribution in [0.1, 0.15) is 69.2 Å². The molecule has 4 saturated carbocycles. The molecule has 6 nitrogen and oxygen atoms in total. The quantitative estimate of drug-likeness (QED) is 0.606. The van der Waals surface area contributed by atoms with Gasteiger partial charge >= 0.3 is 0 Å². The van der Waals surface area contributed by atoms with Crippen LogP contribution in [0.5, 0.6) is 0 Å². The molecular weight excluding hydrogens is 397 g/mol. The van der Waals surface area contributed by atoms with Crippen LogP contribution in [-0.2, 0) is 9.59 Å². The highest BCUT2D eigenvalue weighted by atomic mass is 19.1. The Bertz CT molecular complexity index is 834. The fourth-order valence-electron chi connectivity index (χ4n) is 6.50. The predicted octanol–water partition coefficient (Wildman–Crippen LogP) is 3.33. The molecule has 0 heterocycles. The van der Waals surface area contributed by atoms with Gasteiger partial charge in [-0.1, -0.05) is 26.0 Å². The molecule has 3 N–H and O–H groups in total. The third kappa shape index (κ3) is 4.75. The van der Waals surface area contributed by atoms with Gasteiger partial charge in [0.25, 0.3) is 11.8 Å². The average molecular weight is 430 g/mol. The molecule has 5 rings (SSSR count). The number of amides is 3. The first kappa shape index (κ1) is 21.8. The molecule has 1 aromatic rings. The van der Waals surface area contributed by atoms with Crippen molar-refractivity contribution in [3.8, 4) is 0 Å². The lowest BCUT2D eigenvalue weighted by Crippen LogP contribution is -2.55. The summed E-state index contributed by atoms with van der Waals surface area (Å²) in [6, 6.07) is 4.73. The molecule has 168 valence electrons. The summed E-state index contributed by atoms with van der Waals surface area (Å²) in [5, 5.41) is 2.58. The minimum atomic E-state index is -0.896. The number of hydrogen-bond acceptors (Lipinski definition) is 3. The van der Waals surface area contributed by atoms with Gasteiger partial charge in [0.15, 0.2) is 0 Å². The molecule has 31 heavy (non-hydrogen) atoms. The van der Waals surface area contributed by atoms with Crippen molar-refractivity contribution in [1.29, 1.82) is 0 Å². The second-order valence-electron chi connectivity index (χ2n) is 10.3. The van der Waals surface area contributed by atoms with E-state index in [0.717, 1.165) is 37.0 Å². The van der Waals surface area contributed by atoms with Gasteiger partial charge in [-0.2, -0.15) is 0 Å². The summed E-state index contributed by atoms with van der Waals surface area (Å²) in [5.41, 5.74) is 4.99. The Hall–Kier alpha value is -2.44. The molecule has 4 fully saturated rings. The van der Waals surface area contributed by atoms with E-state index in [2.05, 4.69) is 16.2 Å². The van der Waals surface area contributed by atoms with Crippen molar-refractivity contribution in [2.45, 2.75) is 64.8 Å². The van der Waals surface area contributed by atoms with Gasteiger partial charge in [0.1, 0.15) is 11.9 Å². The molecule has 7 heteroatoms. The first-order chi connectivity index (χ1) is 14.7. The maximum atomic E-state index is 13.9. The fourth-order valence-corrected chi connectivity index (χ4v) is 6.50. The van der Waals surface area contributed by atoms with Crippen LogP contribution in [0.4, 0.5) is 4.39 Å². The molecule has 0 unspecified atom stereocenters. The number of hydrazine groups is 1. The lowest BCUT2D eigenvalue weighted by molar-refractivity contribution is -0.135. The molecule has 4 aliphatic carbocycles. The summed E-state index contributed by atoms with van der Waals surface area (Å²) >= 11 is 0. The van der Waals surface area contributed by atoms with E-state index in [4.69, 9.17) is 0 Å². The van der Waals surface area contributed by atoms with E-state index in [1.165, 1.54) is 37.5 Å². The summed E-state index contributed by atoms with van der Waals surface area (Å²) in [6.45, 7) is 3.56. The summed E-state index contributed by atoms with van der Waals surface area (Å²) < 4.78 is 13.9. The topological polar surface area (TPSA) is 87.3 Å². The van der Waals surface area contributed by atoms with E-state index >= 15 is 0 Å². The van der Waals surface area contributed by atoms with Crippen molar-refractivity contribution in [1.82, 2.24) is 16.2 Å². The largest absolute Gasteiger partial charge is 0.340 e. The molecule has 1 atom stereocenters. The van der Waals surface area contributed by atoms with Crippen LogP contribution >= 0.6 is 0 Å². The number of carbonyl (C=O) groups excluding carboxylic acids is 3. The van der Waals surface area contributed by atoms with Crippen molar-refractivity contribution in [2.75, 3.05) is 0 Å².